The minimum Gasteiger partial charge on any atom is -0.387 e. The zero-order valence-corrected chi connectivity index (χ0v) is 22.3. The molecule has 0 amide bonds. The first-order chi connectivity index (χ1) is 17.2. The molecular weight excluding hydrogens is 450 g/mol. The molecule has 0 radical (unpaired) electrons. The molecule has 4 heterocycles. The van der Waals surface area contributed by atoms with Crippen LogP contribution in [0.4, 0.5) is 11.4 Å². The fourth-order valence-electron chi connectivity index (χ4n) is 5.09. The van der Waals surface area contributed by atoms with Crippen molar-refractivity contribution in [3.8, 4) is 0 Å². The van der Waals surface area contributed by atoms with Crippen LogP contribution in [0.5, 0.6) is 0 Å². The third-order valence-electron chi connectivity index (χ3n) is 6.75. The number of dihydropyridines is 1. The summed E-state index contributed by atoms with van der Waals surface area (Å²) in [6.45, 7) is 9.98. The van der Waals surface area contributed by atoms with Crippen molar-refractivity contribution in [1.29, 1.82) is 0 Å². The number of unbranched alkanes of at least 4 members (excludes halogenated alkanes) is 1. The topological polar surface area (TPSA) is 65.3 Å². The second-order valence-electron chi connectivity index (χ2n) is 9.12. The maximum atomic E-state index is 5.60. The summed E-state index contributed by atoms with van der Waals surface area (Å²) in [6.07, 6.45) is 13.8. The predicted molar refractivity (Wildman–Crippen MR) is 153 cm³/mol. The van der Waals surface area contributed by atoms with Gasteiger partial charge in [0.25, 0.3) is 0 Å². The number of nitrogens with two attached hydrogens (primary N) is 1. The fraction of sp³-hybridized carbons (Fsp3) is 0.448. The molecule has 0 aliphatic carbocycles. The Balaban J connectivity index is 0.00000141. The Kier molecular flexibility index (Phi) is 8.94. The average Bonchev–Trinajstić information content (AvgIpc) is 3.54. The Morgan fingerprint density at radius 1 is 1.17 bits per heavy atom. The maximum absolute atomic E-state index is 5.60. The molecule has 6 heteroatoms. The van der Waals surface area contributed by atoms with Gasteiger partial charge in [0.15, 0.2) is 0 Å². The van der Waals surface area contributed by atoms with Gasteiger partial charge in [-0.3, -0.25) is 0 Å². The highest BCUT2D eigenvalue weighted by molar-refractivity contribution is 7.13. The molecule has 5 rings (SSSR count). The zero-order valence-electron chi connectivity index (χ0n) is 21.4. The molecule has 1 aromatic carbocycles. The molecule has 35 heavy (non-hydrogen) atoms. The van der Waals surface area contributed by atoms with Gasteiger partial charge in [0.2, 0.25) is 0 Å². The molecule has 5 nitrogen and oxygen atoms in total. The van der Waals surface area contributed by atoms with E-state index in [2.05, 4.69) is 82.5 Å². The number of rotatable bonds is 8. The van der Waals surface area contributed by atoms with Crippen molar-refractivity contribution in [2.24, 2.45) is 5.73 Å². The van der Waals surface area contributed by atoms with Crippen LogP contribution in [0.25, 0.3) is 5.70 Å². The quantitative estimate of drug-likeness (QED) is 0.329. The normalized spacial score (nSPS) is 20.6. The lowest BCUT2D eigenvalue weighted by atomic mass is 9.98. The van der Waals surface area contributed by atoms with Gasteiger partial charge >= 0.3 is 0 Å². The summed E-state index contributed by atoms with van der Waals surface area (Å²) in [5.74, 6) is 0. The van der Waals surface area contributed by atoms with Crippen molar-refractivity contribution < 1.29 is 0 Å². The van der Waals surface area contributed by atoms with E-state index in [-0.39, 0.29) is 6.04 Å². The van der Waals surface area contributed by atoms with Gasteiger partial charge in [-0.15, -0.1) is 11.3 Å². The summed E-state index contributed by atoms with van der Waals surface area (Å²) in [7, 11) is 0. The Hall–Kier alpha value is -2.70. The predicted octanol–water partition coefficient (Wildman–Crippen LogP) is 6.25. The van der Waals surface area contributed by atoms with Crippen LogP contribution in [0.1, 0.15) is 60.9 Å². The van der Waals surface area contributed by atoms with Crippen LogP contribution in [0, 0.1) is 6.92 Å². The van der Waals surface area contributed by atoms with Gasteiger partial charge in [-0.25, -0.2) is 0 Å². The number of thiophene rings is 1. The molecule has 5 N–H and O–H groups in total. The Bertz CT molecular complexity index is 1050. The zero-order chi connectivity index (χ0) is 24.6. The summed E-state index contributed by atoms with van der Waals surface area (Å²) < 4.78 is 0. The molecule has 0 bridgehead atoms. The third-order valence-corrected chi connectivity index (χ3v) is 7.82. The first-order valence-electron chi connectivity index (χ1n) is 13.2. The van der Waals surface area contributed by atoms with Crippen LogP contribution in [-0.2, 0) is 0 Å². The van der Waals surface area contributed by atoms with E-state index in [1.807, 2.05) is 25.2 Å². The van der Waals surface area contributed by atoms with Gasteiger partial charge in [-0.1, -0.05) is 32.1 Å². The van der Waals surface area contributed by atoms with Crippen LogP contribution >= 0.6 is 11.3 Å². The summed E-state index contributed by atoms with van der Waals surface area (Å²) in [6, 6.07) is 11.8. The van der Waals surface area contributed by atoms with E-state index in [1.165, 1.54) is 50.8 Å². The van der Waals surface area contributed by atoms with Crippen LogP contribution in [0.3, 0.4) is 0 Å². The van der Waals surface area contributed by atoms with Crippen molar-refractivity contribution >= 4 is 28.4 Å². The highest BCUT2D eigenvalue weighted by atomic mass is 32.1. The van der Waals surface area contributed by atoms with Crippen molar-refractivity contribution in [2.45, 2.75) is 58.5 Å². The standard InChI is InChI=1S/C27H35N5S.C2H6/c1-19-17-24-27(33-19)26(32-16-4-5-25(32)21-10-14-29-15-11-21)18-23(31-24)20-6-8-22(9-7-20)30-13-3-2-12-28;1-2/h6-11,14,17-18,23,25,29-31H,2-5,12-13,15-16,28H2,1H3;1-2H3. The largest absolute Gasteiger partial charge is 0.387 e. The van der Waals surface area contributed by atoms with Crippen LogP contribution in [0.15, 0.2) is 60.3 Å². The molecule has 0 spiro atoms. The molecule has 188 valence electrons. The highest BCUT2D eigenvalue weighted by Crippen LogP contribution is 2.45. The minimum atomic E-state index is 0.173. The van der Waals surface area contributed by atoms with Crippen LogP contribution in [-0.4, -0.2) is 37.1 Å². The van der Waals surface area contributed by atoms with Crippen molar-refractivity contribution in [1.82, 2.24) is 10.2 Å². The third kappa shape index (κ3) is 5.93. The second kappa shape index (κ2) is 12.3. The molecule has 2 atom stereocenters. The fourth-order valence-corrected chi connectivity index (χ4v) is 6.10. The Morgan fingerprint density at radius 3 is 2.74 bits per heavy atom. The van der Waals surface area contributed by atoms with Gasteiger partial charge in [-0.05, 0) is 86.8 Å². The van der Waals surface area contributed by atoms with E-state index < -0.39 is 0 Å². The van der Waals surface area contributed by atoms with E-state index in [9.17, 15) is 0 Å². The van der Waals surface area contributed by atoms with Crippen molar-refractivity contribution in [3.63, 3.8) is 0 Å². The molecule has 2 unspecified atom stereocenters. The Labute approximate surface area is 215 Å². The molecule has 2 aromatic rings. The van der Waals surface area contributed by atoms with Crippen LogP contribution < -0.4 is 21.7 Å². The van der Waals surface area contributed by atoms with Crippen molar-refractivity contribution in [3.05, 3.63) is 75.7 Å². The summed E-state index contributed by atoms with van der Waals surface area (Å²) in [5, 5.41) is 10.6. The average molecular weight is 492 g/mol. The van der Waals surface area contributed by atoms with Gasteiger partial charge in [0.1, 0.15) is 0 Å². The Morgan fingerprint density at radius 2 is 2.00 bits per heavy atom. The summed E-state index contributed by atoms with van der Waals surface area (Å²) in [5.41, 5.74) is 12.2. The summed E-state index contributed by atoms with van der Waals surface area (Å²) >= 11 is 1.91. The van der Waals surface area contributed by atoms with E-state index >= 15 is 0 Å². The highest BCUT2D eigenvalue weighted by Gasteiger charge is 2.33. The van der Waals surface area contributed by atoms with Gasteiger partial charge < -0.3 is 26.6 Å². The van der Waals surface area contributed by atoms with E-state index in [4.69, 9.17) is 5.73 Å². The monoisotopic (exact) mass is 491 g/mol. The molecular formula is C29H41N5S. The molecule has 0 saturated carbocycles. The first-order valence-corrected chi connectivity index (χ1v) is 14.0. The smallest absolute Gasteiger partial charge is 0.0736 e. The van der Waals surface area contributed by atoms with E-state index in [0.29, 0.717) is 6.04 Å². The molecule has 1 saturated heterocycles. The lowest BCUT2D eigenvalue weighted by Crippen LogP contribution is -2.32. The van der Waals surface area contributed by atoms with Gasteiger partial charge in [0, 0.05) is 30.2 Å². The number of benzene rings is 1. The number of nitrogens with one attached hydrogen (secondary N) is 3. The lowest BCUT2D eigenvalue weighted by molar-refractivity contribution is 0.411. The number of nitrogens with zero attached hydrogens (tertiary/aromatic N) is 1. The molecule has 1 fully saturated rings. The summed E-state index contributed by atoms with van der Waals surface area (Å²) in [4.78, 5) is 5.39. The van der Waals surface area contributed by atoms with E-state index in [1.54, 1.807) is 0 Å². The number of aryl methyl sites for hydroxylation is 1. The number of hydrogen-bond acceptors (Lipinski definition) is 6. The number of likely N-dealkylation sites (tertiary alicyclic amines) is 1. The van der Waals surface area contributed by atoms with E-state index in [0.717, 1.165) is 39.0 Å². The lowest BCUT2D eigenvalue weighted by Gasteiger charge is -2.35. The maximum Gasteiger partial charge on any atom is 0.0736 e. The minimum absolute atomic E-state index is 0.173. The van der Waals surface area contributed by atoms with Crippen molar-refractivity contribution in [2.75, 3.05) is 36.8 Å². The first kappa shape index (κ1) is 25.4. The number of hydrogen-bond donors (Lipinski definition) is 4. The molecule has 3 aliphatic rings. The SMILES string of the molecule is CC.Cc1cc2c(s1)C(N1CCCC1C1=CCNC=C1)=CC(c1ccc(NCCCCN)cc1)N2. The van der Waals surface area contributed by atoms with Gasteiger partial charge in [0.05, 0.1) is 28.3 Å². The second-order valence-corrected chi connectivity index (χ2v) is 10.4. The van der Waals surface area contributed by atoms with Gasteiger partial charge in [-0.2, -0.15) is 0 Å². The molecule has 1 aromatic heterocycles. The number of fused-ring (bicyclic) bond motifs is 1. The number of anilines is 2. The van der Waals surface area contributed by atoms with Crippen LogP contribution in [0.2, 0.25) is 0 Å². The molecule has 3 aliphatic heterocycles.